The molecule has 1 fully saturated rings. The normalized spacial score (nSPS) is 22.0. The van der Waals surface area contributed by atoms with Crippen LogP contribution in [0.25, 0.3) is 0 Å². The van der Waals surface area contributed by atoms with Crippen molar-refractivity contribution in [2.45, 2.75) is 79.2 Å². The monoisotopic (exact) mass is 288 g/mol. The Morgan fingerprint density at radius 1 is 1.05 bits per heavy atom. The fraction of sp³-hybridized carbons (Fsp3) is 0.737. The SMILES string of the molecule is CC1(C)CC(Nc2ccc(C(C)(C)C)cn2)CC(C)(C)C1. The molecule has 118 valence electrons. The fourth-order valence-corrected chi connectivity index (χ4v) is 4.08. The van der Waals surface area contributed by atoms with Crippen molar-refractivity contribution in [1.82, 2.24) is 4.98 Å². The zero-order valence-electron chi connectivity index (χ0n) is 14.9. The highest BCUT2D eigenvalue weighted by molar-refractivity contribution is 5.38. The van der Waals surface area contributed by atoms with Crippen LogP contribution in [0.4, 0.5) is 5.82 Å². The summed E-state index contributed by atoms with van der Waals surface area (Å²) in [5, 5.41) is 3.66. The summed E-state index contributed by atoms with van der Waals surface area (Å²) in [5.41, 5.74) is 2.27. The zero-order chi connectivity index (χ0) is 15.9. The van der Waals surface area contributed by atoms with Crippen molar-refractivity contribution in [3.63, 3.8) is 0 Å². The van der Waals surface area contributed by atoms with Crippen LogP contribution >= 0.6 is 0 Å². The van der Waals surface area contributed by atoms with Crippen molar-refractivity contribution in [2.75, 3.05) is 5.32 Å². The highest BCUT2D eigenvalue weighted by atomic mass is 15.0. The Bertz CT molecular complexity index is 461. The average Bonchev–Trinajstić information content (AvgIpc) is 2.23. The van der Waals surface area contributed by atoms with E-state index in [4.69, 9.17) is 0 Å². The number of nitrogens with one attached hydrogen (secondary N) is 1. The summed E-state index contributed by atoms with van der Waals surface area (Å²) in [6, 6.07) is 4.86. The molecule has 1 aliphatic rings. The van der Waals surface area contributed by atoms with Crippen LogP contribution in [-0.4, -0.2) is 11.0 Å². The predicted octanol–water partition coefficient (Wildman–Crippen LogP) is 5.40. The van der Waals surface area contributed by atoms with Gasteiger partial charge in [-0.3, -0.25) is 0 Å². The second-order valence-corrected chi connectivity index (χ2v) is 9.44. The van der Waals surface area contributed by atoms with Crippen LogP contribution < -0.4 is 5.32 Å². The van der Waals surface area contributed by atoms with Crippen molar-refractivity contribution in [1.29, 1.82) is 0 Å². The van der Waals surface area contributed by atoms with Crippen molar-refractivity contribution in [3.8, 4) is 0 Å². The van der Waals surface area contributed by atoms with Gasteiger partial charge in [-0.1, -0.05) is 54.5 Å². The second-order valence-electron chi connectivity index (χ2n) is 9.44. The summed E-state index contributed by atoms with van der Waals surface area (Å²) in [6.45, 7) is 16.2. The smallest absolute Gasteiger partial charge is 0.126 e. The van der Waals surface area contributed by atoms with E-state index in [0.29, 0.717) is 16.9 Å². The van der Waals surface area contributed by atoms with Gasteiger partial charge in [-0.2, -0.15) is 0 Å². The van der Waals surface area contributed by atoms with E-state index >= 15 is 0 Å². The van der Waals surface area contributed by atoms with Crippen LogP contribution in [0.1, 0.15) is 73.3 Å². The molecule has 1 heterocycles. The maximum absolute atomic E-state index is 4.62. The third-order valence-electron chi connectivity index (χ3n) is 4.54. The quantitative estimate of drug-likeness (QED) is 0.788. The minimum Gasteiger partial charge on any atom is -0.367 e. The molecule has 0 unspecified atom stereocenters. The molecule has 21 heavy (non-hydrogen) atoms. The molecule has 0 spiro atoms. The van der Waals surface area contributed by atoms with Crippen molar-refractivity contribution in [3.05, 3.63) is 23.9 Å². The van der Waals surface area contributed by atoms with E-state index in [2.05, 4.69) is 70.9 Å². The molecule has 0 atom stereocenters. The molecule has 0 amide bonds. The number of hydrogen-bond donors (Lipinski definition) is 1. The van der Waals surface area contributed by atoms with Gasteiger partial charge in [-0.05, 0) is 47.1 Å². The van der Waals surface area contributed by atoms with E-state index in [0.717, 1.165) is 5.82 Å². The van der Waals surface area contributed by atoms with E-state index in [1.165, 1.54) is 24.8 Å². The lowest BCUT2D eigenvalue weighted by atomic mass is 9.63. The predicted molar refractivity (Wildman–Crippen MR) is 91.8 cm³/mol. The van der Waals surface area contributed by atoms with Gasteiger partial charge in [-0.15, -0.1) is 0 Å². The molecular weight excluding hydrogens is 256 g/mol. The molecule has 0 aliphatic heterocycles. The Balaban J connectivity index is 2.08. The highest BCUT2D eigenvalue weighted by Crippen LogP contribution is 2.46. The lowest BCUT2D eigenvalue weighted by Crippen LogP contribution is -2.40. The standard InChI is InChI=1S/C19H32N2/c1-17(2,3)14-8-9-16(20-12-14)21-15-10-18(4,5)13-19(6,7)11-15/h8-9,12,15H,10-11,13H2,1-7H3,(H,20,21). The van der Waals surface area contributed by atoms with Crippen LogP contribution in [0.2, 0.25) is 0 Å². The summed E-state index contributed by atoms with van der Waals surface area (Å²) < 4.78 is 0. The van der Waals surface area contributed by atoms with Crippen LogP contribution in [-0.2, 0) is 5.41 Å². The first kappa shape index (κ1) is 16.3. The summed E-state index contributed by atoms with van der Waals surface area (Å²) in [6.07, 6.45) is 5.76. The van der Waals surface area contributed by atoms with Gasteiger partial charge in [0, 0.05) is 12.2 Å². The Labute approximate surface area is 130 Å². The minimum absolute atomic E-state index is 0.167. The van der Waals surface area contributed by atoms with Gasteiger partial charge in [0.2, 0.25) is 0 Å². The van der Waals surface area contributed by atoms with Crippen LogP contribution in [0.3, 0.4) is 0 Å². The first-order chi connectivity index (χ1) is 9.47. The maximum Gasteiger partial charge on any atom is 0.126 e. The summed E-state index contributed by atoms with van der Waals surface area (Å²) in [5.74, 6) is 1.02. The molecule has 1 saturated carbocycles. The Kier molecular flexibility index (Phi) is 4.12. The van der Waals surface area contributed by atoms with Gasteiger partial charge >= 0.3 is 0 Å². The number of rotatable bonds is 2. The van der Waals surface area contributed by atoms with Gasteiger partial charge in [0.1, 0.15) is 5.82 Å². The van der Waals surface area contributed by atoms with Crippen LogP contribution in [0.5, 0.6) is 0 Å². The maximum atomic E-state index is 4.62. The third-order valence-corrected chi connectivity index (χ3v) is 4.54. The summed E-state index contributed by atoms with van der Waals surface area (Å²) in [7, 11) is 0. The molecule has 1 N–H and O–H groups in total. The van der Waals surface area contributed by atoms with Crippen molar-refractivity contribution < 1.29 is 0 Å². The minimum atomic E-state index is 0.167. The van der Waals surface area contributed by atoms with Crippen LogP contribution in [0, 0.1) is 10.8 Å². The highest BCUT2D eigenvalue weighted by Gasteiger charge is 2.38. The number of aromatic nitrogens is 1. The van der Waals surface area contributed by atoms with E-state index in [1.807, 2.05) is 6.20 Å². The Morgan fingerprint density at radius 2 is 1.62 bits per heavy atom. The molecule has 1 aromatic rings. The summed E-state index contributed by atoms with van der Waals surface area (Å²) in [4.78, 5) is 4.62. The van der Waals surface area contributed by atoms with E-state index in [-0.39, 0.29) is 5.41 Å². The molecule has 0 aromatic carbocycles. The second kappa shape index (κ2) is 5.30. The third kappa shape index (κ3) is 4.46. The molecular formula is C19H32N2. The number of pyridine rings is 1. The lowest BCUT2D eigenvalue weighted by Gasteiger charge is -2.45. The molecule has 1 aliphatic carbocycles. The van der Waals surface area contributed by atoms with Gasteiger partial charge in [0.25, 0.3) is 0 Å². The molecule has 0 saturated heterocycles. The number of nitrogens with zero attached hydrogens (tertiary/aromatic N) is 1. The lowest BCUT2D eigenvalue weighted by molar-refractivity contribution is 0.105. The van der Waals surface area contributed by atoms with E-state index in [1.54, 1.807) is 0 Å². The largest absolute Gasteiger partial charge is 0.367 e. The first-order valence-corrected chi connectivity index (χ1v) is 8.20. The van der Waals surface area contributed by atoms with Crippen molar-refractivity contribution in [2.24, 2.45) is 10.8 Å². The van der Waals surface area contributed by atoms with Gasteiger partial charge in [0.15, 0.2) is 0 Å². The van der Waals surface area contributed by atoms with Crippen molar-refractivity contribution >= 4 is 5.82 Å². The Morgan fingerprint density at radius 3 is 2.05 bits per heavy atom. The molecule has 1 aromatic heterocycles. The number of anilines is 1. The molecule has 2 rings (SSSR count). The molecule has 0 bridgehead atoms. The first-order valence-electron chi connectivity index (χ1n) is 8.20. The zero-order valence-corrected chi connectivity index (χ0v) is 14.9. The number of hydrogen-bond acceptors (Lipinski definition) is 2. The van der Waals surface area contributed by atoms with E-state index in [9.17, 15) is 0 Å². The average molecular weight is 288 g/mol. The Hall–Kier alpha value is -1.05. The molecule has 0 radical (unpaired) electrons. The summed E-state index contributed by atoms with van der Waals surface area (Å²) >= 11 is 0. The fourth-order valence-electron chi connectivity index (χ4n) is 4.08. The van der Waals surface area contributed by atoms with E-state index < -0.39 is 0 Å². The van der Waals surface area contributed by atoms with Gasteiger partial charge < -0.3 is 5.32 Å². The molecule has 2 nitrogen and oxygen atoms in total. The topological polar surface area (TPSA) is 24.9 Å². The molecule has 2 heteroatoms. The van der Waals surface area contributed by atoms with Gasteiger partial charge in [-0.25, -0.2) is 4.98 Å². The van der Waals surface area contributed by atoms with Crippen LogP contribution in [0.15, 0.2) is 18.3 Å². The van der Waals surface area contributed by atoms with Gasteiger partial charge in [0.05, 0.1) is 0 Å².